The van der Waals surface area contributed by atoms with E-state index in [1.54, 1.807) is 0 Å². The Morgan fingerprint density at radius 1 is 0.676 bits per heavy atom. The van der Waals surface area contributed by atoms with E-state index >= 15 is 0 Å². The van der Waals surface area contributed by atoms with Crippen LogP contribution < -0.4 is 5.73 Å². The van der Waals surface area contributed by atoms with Gasteiger partial charge in [0.1, 0.15) is 0 Å². The zero-order chi connectivity index (χ0) is 25.6. The lowest BCUT2D eigenvalue weighted by atomic mass is 9.85. The van der Waals surface area contributed by atoms with Gasteiger partial charge in [0.2, 0.25) is 0 Å². The summed E-state index contributed by atoms with van der Waals surface area (Å²) in [6.45, 7) is 6.77. The summed E-state index contributed by atoms with van der Waals surface area (Å²) in [6.07, 6.45) is 5.59. The summed E-state index contributed by atoms with van der Waals surface area (Å²) in [5, 5.41) is 12.7. The van der Waals surface area contributed by atoms with Crippen molar-refractivity contribution in [2.24, 2.45) is 11.1 Å². The molecule has 0 aliphatic carbocycles. The third kappa shape index (κ3) is 5.18. The number of hydrogen-bond acceptors (Lipinski definition) is 3. The fourth-order valence-electron chi connectivity index (χ4n) is 5.74. The molecular formula is C34H35NS2. The molecule has 1 atom stereocenters. The molecule has 0 amide bonds. The lowest BCUT2D eigenvalue weighted by molar-refractivity contribution is 0.343. The van der Waals surface area contributed by atoms with Crippen molar-refractivity contribution < 1.29 is 0 Å². The number of fused-ring (bicyclic) bond motifs is 4. The Morgan fingerprint density at radius 2 is 1.27 bits per heavy atom. The summed E-state index contributed by atoms with van der Waals surface area (Å²) in [5.74, 6) is 0. The highest BCUT2D eigenvalue weighted by Crippen LogP contribution is 2.37. The number of aryl methyl sites for hydroxylation is 2. The van der Waals surface area contributed by atoms with Crippen molar-refractivity contribution in [2.45, 2.75) is 58.9 Å². The fraction of sp³-hybridized carbons (Fsp3) is 0.294. The van der Waals surface area contributed by atoms with Gasteiger partial charge in [-0.25, -0.2) is 0 Å². The zero-order valence-corrected chi connectivity index (χ0v) is 23.6. The third-order valence-electron chi connectivity index (χ3n) is 7.59. The summed E-state index contributed by atoms with van der Waals surface area (Å²) in [4.78, 5) is 0. The van der Waals surface area contributed by atoms with Crippen LogP contribution in [0.5, 0.6) is 0 Å². The standard InChI is InChI=1S/C34H35NS2/c1-34(2,3)21-31(35)23-10-8-22(9-11-23)6-4-5-7-28-29-18-25-13-15-36-32(25)19-27(29)17-26-16-24-12-14-37-33(24)20-30(26)28/h8-20,31H,4-7,21,35H2,1-3H3. The first-order valence-electron chi connectivity index (χ1n) is 13.4. The molecule has 6 rings (SSSR count). The van der Waals surface area contributed by atoms with Crippen molar-refractivity contribution in [1.82, 2.24) is 0 Å². The van der Waals surface area contributed by atoms with Gasteiger partial charge in [0.25, 0.3) is 0 Å². The minimum absolute atomic E-state index is 0.109. The maximum Gasteiger partial charge on any atom is 0.0349 e. The topological polar surface area (TPSA) is 26.0 Å². The number of rotatable bonds is 7. The molecule has 0 aliphatic heterocycles. The van der Waals surface area contributed by atoms with E-state index in [-0.39, 0.29) is 11.5 Å². The Kier molecular flexibility index (Phi) is 6.56. The number of thiophene rings is 2. The van der Waals surface area contributed by atoms with Crippen LogP contribution in [-0.2, 0) is 12.8 Å². The summed E-state index contributed by atoms with van der Waals surface area (Å²) in [6, 6.07) is 25.7. The molecule has 6 aromatic rings. The van der Waals surface area contributed by atoms with Crippen LogP contribution in [-0.4, -0.2) is 0 Å². The van der Waals surface area contributed by atoms with Crippen LogP contribution in [0.3, 0.4) is 0 Å². The Morgan fingerprint density at radius 3 is 2.00 bits per heavy atom. The largest absolute Gasteiger partial charge is 0.324 e. The predicted molar refractivity (Wildman–Crippen MR) is 166 cm³/mol. The molecule has 0 saturated heterocycles. The van der Waals surface area contributed by atoms with Crippen molar-refractivity contribution in [3.05, 3.63) is 94.2 Å². The predicted octanol–water partition coefficient (Wildman–Crippen LogP) is 10.4. The first-order valence-corrected chi connectivity index (χ1v) is 15.2. The van der Waals surface area contributed by atoms with Crippen molar-refractivity contribution in [3.63, 3.8) is 0 Å². The van der Waals surface area contributed by atoms with Crippen LogP contribution >= 0.6 is 22.7 Å². The smallest absolute Gasteiger partial charge is 0.0349 e. The van der Waals surface area contributed by atoms with Gasteiger partial charge in [-0.05, 0) is 140 Å². The molecule has 0 bridgehead atoms. The first-order chi connectivity index (χ1) is 17.8. The van der Waals surface area contributed by atoms with Crippen molar-refractivity contribution in [3.8, 4) is 0 Å². The van der Waals surface area contributed by atoms with Gasteiger partial charge in [-0.15, -0.1) is 22.7 Å². The van der Waals surface area contributed by atoms with E-state index < -0.39 is 0 Å². The van der Waals surface area contributed by atoms with Gasteiger partial charge in [0.15, 0.2) is 0 Å². The molecule has 4 aromatic carbocycles. The molecule has 2 aromatic heterocycles. The number of benzene rings is 4. The first kappa shape index (κ1) is 24.6. The third-order valence-corrected chi connectivity index (χ3v) is 9.35. The molecular weight excluding hydrogens is 487 g/mol. The second-order valence-corrected chi connectivity index (χ2v) is 13.6. The van der Waals surface area contributed by atoms with Gasteiger partial charge in [-0.1, -0.05) is 45.0 Å². The summed E-state index contributed by atoms with van der Waals surface area (Å²) < 4.78 is 2.76. The maximum atomic E-state index is 6.46. The Labute approximate surface area is 227 Å². The van der Waals surface area contributed by atoms with Crippen LogP contribution in [0.4, 0.5) is 0 Å². The molecule has 0 saturated carbocycles. The van der Waals surface area contributed by atoms with Crippen LogP contribution in [0.15, 0.2) is 77.5 Å². The second-order valence-electron chi connectivity index (χ2n) is 11.7. The molecule has 1 unspecified atom stereocenters. The van der Waals surface area contributed by atoms with Crippen molar-refractivity contribution in [1.29, 1.82) is 0 Å². The van der Waals surface area contributed by atoms with Crippen molar-refractivity contribution in [2.75, 3.05) is 0 Å². The lowest BCUT2D eigenvalue weighted by Crippen LogP contribution is -2.18. The molecule has 188 valence electrons. The molecule has 2 heterocycles. The molecule has 37 heavy (non-hydrogen) atoms. The van der Waals surface area contributed by atoms with Gasteiger partial charge in [-0.3, -0.25) is 0 Å². The zero-order valence-electron chi connectivity index (χ0n) is 22.0. The van der Waals surface area contributed by atoms with Gasteiger partial charge in [0, 0.05) is 15.4 Å². The van der Waals surface area contributed by atoms with E-state index in [0.29, 0.717) is 0 Å². The van der Waals surface area contributed by atoms with E-state index in [0.717, 1.165) is 19.3 Å². The van der Waals surface area contributed by atoms with E-state index in [1.165, 1.54) is 71.2 Å². The highest BCUT2D eigenvalue weighted by atomic mass is 32.1. The van der Waals surface area contributed by atoms with Gasteiger partial charge >= 0.3 is 0 Å². The minimum atomic E-state index is 0.109. The maximum absolute atomic E-state index is 6.46. The summed E-state index contributed by atoms with van der Waals surface area (Å²) >= 11 is 3.68. The highest BCUT2D eigenvalue weighted by Gasteiger charge is 2.17. The molecule has 2 N–H and O–H groups in total. The fourth-order valence-corrected chi connectivity index (χ4v) is 7.37. The average Bonchev–Trinajstić information content (AvgIpc) is 3.51. The normalized spacial score (nSPS) is 13.3. The number of hydrogen-bond donors (Lipinski definition) is 1. The van der Waals surface area contributed by atoms with Crippen LogP contribution in [0.2, 0.25) is 0 Å². The number of nitrogens with two attached hydrogens (primary N) is 1. The molecule has 0 spiro atoms. The Balaban J connectivity index is 1.24. The molecule has 1 nitrogen and oxygen atoms in total. The average molecular weight is 522 g/mol. The van der Waals surface area contributed by atoms with Crippen LogP contribution in [0.1, 0.15) is 62.8 Å². The monoisotopic (exact) mass is 521 g/mol. The molecule has 3 heteroatoms. The van der Waals surface area contributed by atoms with Crippen LogP contribution in [0.25, 0.3) is 41.7 Å². The SMILES string of the molecule is CC(C)(C)CC(N)c1ccc(CCCCc2c3cc4ccsc4cc3cc3cc4ccsc4cc23)cc1. The quantitative estimate of drug-likeness (QED) is 0.164. The highest BCUT2D eigenvalue weighted by molar-refractivity contribution is 7.17. The van der Waals surface area contributed by atoms with E-state index in [4.69, 9.17) is 5.73 Å². The van der Waals surface area contributed by atoms with Gasteiger partial charge in [0.05, 0.1) is 0 Å². The lowest BCUT2D eigenvalue weighted by Gasteiger charge is -2.23. The van der Waals surface area contributed by atoms with Gasteiger partial charge < -0.3 is 5.73 Å². The minimum Gasteiger partial charge on any atom is -0.324 e. The van der Waals surface area contributed by atoms with Crippen LogP contribution in [0, 0.1) is 5.41 Å². The number of unbranched alkanes of at least 4 members (excludes halogenated alkanes) is 1. The molecule has 0 aliphatic rings. The second kappa shape index (κ2) is 9.87. The van der Waals surface area contributed by atoms with Gasteiger partial charge in [-0.2, -0.15) is 0 Å². The van der Waals surface area contributed by atoms with Crippen molar-refractivity contribution >= 4 is 64.4 Å². The molecule has 0 radical (unpaired) electrons. The Hall–Kier alpha value is -2.72. The molecule has 0 fully saturated rings. The van der Waals surface area contributed by atoms with E-state index in [1.807, 2.05) is 22.7 Å². The summed E-state index contributed by atoms with van der Waals surface area (Å²) in [7, 11) is 0. The van der Waals surface area contributed by atoms with E-state index in [9.17, 15) is 0 Å². The Bertz CT molecular complexity index is 1610. The van der Waals surface area contributed by atoms with E-state index in [2.05, 4.69) is 98.3 Å². The summed E-state index contributed by atoms with van der Waals surface area (Å²) in [5.41, 5.74) is 10.9.